The lowest BCUT2D eigenvalue weighted by Gasteiger charge is -2.33. The van der Waals surface area contributed by atoms with Gasteiger partial charge in [0, 0.05) is 25.5 Å². The van der Waals surface area contributed by atoms with E-state index in [0.29, 0.717) is 24.8 Å². The molecule has 3 aromatic rings. The molecule has 1 saturated heterocycles. The van der Waals surface area contributed by atoms with E-state index >= 15 is 0 Å². The van der Waals surface area contributed by atoms with Gasteiger partial charge in [0.15, 0.2) is 0 Å². The Kier molecular flexibility index (Phi) is 6.97. The third-order valence-corrected chi connectivity index (χ3v) is 6.62. The van der Waals surface area contributed by atoms with E-state index in [1.807, 2.05) is 16.6 Å². The second-order valence-electron chi connectivity index (χ2n) is 7.50. The molecule has 1 aliphatic heterocycles. The molecule has 4 rings (SSSR count). The van der Waals surface area contributed by atoms with E-state index in [1.165, 1.54) is 35.1 Å². The number of piperidine rings is 1. The van der Waals surface area contributed by atoms with E-state index in [9.17, 15) is 22.8 Å². The predicted molar refractivity (Wildman–Crippen MR) is 121 cm³/mol. The Morgan fingerprint density at radius 1 is 1.29 bits per heavy atom. The SMILES string of the molecule is CSN1CCC(Nc2ncc(C(F)(F)F)c(-c3cn(-c4cccc(C#N)c4Cl)cn3)n2)C(F)C1. The lowest BCUT2D eigenvalue weighted by atomic mass is 10.1. The zero-order chi connectivity index (χ0) is 24.5. The minimum Gasteiger partial charge on any atom is -0.348 e. The summed E-state index contributed by atoms with van der Waals surface area (Å²) in [4.78, 5) is 11.9. The first kappa shape index (κ1) is 24.3. The molecule has 1 N–H and O–H groups in total. The number of alkyl halides is 4. The maximum atomic E-state index is 14.5. The molecule has 13 heteroatoms. The molecule has 2 aromatic heterocycles. The average molecular weight is 512 g/mol. The van der Waals surface area contributed by atoms with Crippen LogP contribution in [0.1, 0.15) is 17.5 Å². The van der Waals surface area contributed by atoms with E-state index < -0.39 is 29.6 Å². The molecular weight excluding hydrogens is 494 g/mol. The van der Waals surface area contributed by atoms with Crippen LogP contribution in [-0.2, 0) is 6.18 Å². The summed E-state index contributed by atoms with van der Waals surface area (Å²) in [6, 6.07) is 6.05. The maximum absolute atomic E-state index is 14.5. The topological polar surface area (TPSA) is 82.7 Å². The zero-order valence-corrected chi connectivity index (χ0v) is 19.3. The van der Waals surface area contributed by atoms with Crippen molar-refractivity contribution in [2.75, 3.05) is 24.7 Å². The summed E-state index contributed by atoms with van der Waals surface area (Å²) in [6.07, 6.45) is -0.385. The Hall–Kier alpha value is -2.88. The molecule has 0 radical (unpaired) electrons. The highest BCUT2D eigenvalue weighted by Crippen LogP contribution is 2.36. The van der Waals surface area contributed by atoms with Crippen molar-refractivity contribution in [2.24, 2.45) is 0 Å². The summed E-state index contributed by atoms with van der Waals surface area (Å²) in [5, 5.41) is 12.1. The van der Waals surface area contributed by atoms with E-state index in [4.69, 9.17) is 11.6 Å². The molecule has 7 nitrogen and oxygen atoms in total. The molecule has 0 amide bonds. The number of nitriles is 1. The van der Waals surface area contributed by atoms with Crippen molar-refractivity contribution in [3.05, 3.63) is 53.1 Å². The van der Waals surface area contributed by atoms with Gasteiger partial charge in [0.2, 0.25) is 5.95 Å². The van der Waals surface area contributed by atoms with Crippen LogP contribution in [-0.4, -0.2) is 55.4 Å². The molecule has 0 aliphatic carbocycles. The first-order valence-corrected chi connectivity index (χ1v) is 11.6. The van der Waals surface area contributed by atoms with Gasteiger partial charge in [0.1, 0.15) is 35.5 Å². The highest BCUT2D eigenvalue weighted by Gasteiger charge is 2.37. The lowest BCUT2D eigenvalue weighted by Crippen LogP contribution is -2.45. The van der Waals surface area contributed by atoms with Crippen LogP contribution in [0.2, 0.25) is 5.02 Å². The average Bonchev–Trinajstić information content (AvgIpc) is 3.30. The number of hydrogen-bond acceptors (Lipinski definition) is 7. The second-order valence-corrected chi connectivity index (χ2v) is 8.76. The van der Waals surface area contributed by atoms with Crippen LogP contribution in [0.25, 0.3) is 17.1 Å². The summed E-state index contributed by atoms with van der Waals surface area (Å²) in [5.74, 6) is -0.118. The van der Waals surface area contributed by atoms with Crippen LogP contribution in [0.3, 0.4) is 0 Å². The van der Waals surface area contributed by atoms with Gasteiger partial charge in [-0.1, -0.05) is 29.6 Å². The number of imidazole rings is 1. The first-order chi connectivity index (χ1) is 16.2. The molecule has 1 aliphatic rings. The molecular formula is C21H18ClF4N7S. The number of aromatic nitrogens is 4. The number of rotatable bonds is 5. The van der Waals surface area contributed by atoms with Crippen molar-refractivity contribution in [1.29, 1.82) is 5.26 Å². The molecule has 0 spiro atoms. The molecule has 178 valence electrons. The number of hydrogen-bond donors (Lipinski definition) is 1. The number of halogens is 5. The van der Waals surface area contributed by atoms with Crippen LogP contribution in [0.4, 0.5) is 23.5 Å². The van der Waals surface area contributed by atoms with E-state index in [-0.39, 0.29) is 28.8 Å². The van der Waals surface area contributed by atoms with Crippen molar-refractivity contribution >= 4 is 29.5 Å². The Bertz CT molecular complexity index is 1230. The van der Waals surface area contributed by atoms with Crippen molar-refractivity contribution < 1.29 is 17.6 Å². The van der Waals surface area contributed by atoms with E-state index in [2.05, 4.69) is 20.3 Å². The van der Waals surface area contributed by atoms with Gasteiger partial charge < -0.3 is 9.88 Å². The van der Waals surface area contributed by atoms with E-state index in [0.717, 1.165) is 0 Å². The smallest absolute Gasteiger partial charge is 0.348 e. The fourth-order valence-corrected chi connectivity index (χ4v) is 4.45. The van der Waals surface area contributed by atoms with Crippen LogP contribution in [0.15, 0.2) is 36.9 Å². The molecule has 1 fully saturated rings. The summed E-state index contributed by atoms with van der Waals surface area (Å²) >= 11 is 7.68. The standard InChI is InChI=1S/C21H18ClF4N7S/c1-34-33-6-5-15(14(23)9-33)30-20-28-8-13(21(24,25)26)19(31-20)16-10-32(11-29-16)17-4-2-3-12(7-27)18(17)22/h2-4,8,10-11,14-15H,5-6,9H2,1H3,(H,28,30,31). The van der Waals surface area contributed by atoms with Gasteiger partial charge in [-0.3, -0.25) is 0 Å². The third kappa shape index (κ3) is 4.96. The van der Waals surface area contributed by atoms with Crippen LogP contribution >= 0.6 is 23.5 Å². The highest BCUT2D eigenvalue weighted by atomic mass is 35.5. The summed E-state index contributed by atoms with van der Waals surface area (Å²) in [7, 11) is 0. The van der Waals surface area contributed by atoms with Gasteiger partial charge in [0.25, 0.3) is 0 Å². The van der Waals surface area contributed by atoms with Gasteiger partial charge in [-0.05, 0) is 24.8 Å². The van der Waals surface area contributed by atoms with Gasteiger partial charge in [-0.25, -0.2) is 23.6 Å². The lowest BCUT2D eigenvalue weighted by molar-refractivity contribution is -0.137. The Balaban J connectivity index is 1.68. The van der Waals surface area contributed by atoms with Crippen LogP contribution in [0.5, 0.6) is 0 Å². The fourth-order valence-electron chi connectivity index (χ4n) is 3.61. The number of nitrogens with zero attached hydrogens (tertiary/aromatic N) is 6. The van der Waals surface area contributed by atoms with E-state index in [1.54, 1.807) is 12.1 Å². The quantitative estimate of drug-likeness (QED) is 0.382. The highest BCUT2D eigenvalue weighted by molar-refractivity contribution is 7.96. The summed E-state index contributed by atoms with van der Waals surface area (Å²) in [5.41, 5.74) is -1.01. The van der Waals surface area contributed by atoms with Crippen molar-refractivity contribution in [3.63, 3.8) is 0 Å². The summed E-state index contributed by atoms with van der Waals surface area (Å²) < 4.78 is 58.9. The second kappa shape index (κ2) is 9.77. The molecule has 0 saturated carbocycles. The van der Waals surface area contributed by atoms with Crippen molar-refractivity contribution in [1.82, 2.24) is 23.8 Å². The largest absolute Gasteiger partial charge is 0.420 e. The van der Waals surface area contributed by atoms with Crippen molar-refractivity contribution in [2.45, 2.75) is 24.8 Å². The van der Waals surface area contributed by atoms with Gasteiger partial charge in [-0.2, -0.15) is 18.4 Å². The van der Waals surface area contributed by atoms with Gasteiger partial charge >= 0.3 is 6.18 Å². The molecule has 34 heavy (non-hydrogen) atoms. The molecule has 3 heterocycles. The molecule has 2 atom stereocenters. The minimum absolute atomic E-state index is 0.0785. The predicted octanol–water partition coefficient (Wildman–Crippen LogP) is 4.98. The van der Waals surface area contributed by atoms with Crippen LogP contribution < -0.4 is 5.32 Å². The monoisotopic (exact) mass is 511 g/mol. The number of benzene rings is 1. The number of nitrogens with one attached hydrogen (secondary N) is 1. The minimum atomic E-state index is -4.73. The van der Waals surface area contributed by atoms with Gasteiger partial charge in [0.05, 0.1) is 22.3 Å². The normalized spacial score (nSPS) is 19.1. The van der Waals surface area contributed by atoms with Gasteiger partial charge in [-0.15, -0.1) is 0 Å². The zero-order valence-electron chi connectivity index (χ0n) is 17.7. The Morgan fingerprint density at radius 3 is 2.76 bits per heavy atom. The fraction of sp³-hybridized carbons (Fsp3) is 0.333. The molecule has 2 unspecified atom stereocenters. The molecule has 1 aromatic carbocycles. The summed E-state index contributed by atoms with van der Waals surface area (Å²) in [6.45, 7) is 0.818. The Morgan fingerprint density at radius 2 is 2.09 bits per heavy atom. The number of anilines is 1. The maximum Gasteiger partial charge on any atom is 0.420 e. The molecule has 0 bridgehead atoms. The first-order valence-electron chi connectivity index (χ1n) is 10.1. The van der Waals surface area contributed by atoms with Crippen LogP contribution in [0, 0.1) is 11.3 Å². The third-order valence-electron chi connectivity index (χ3n) is 5.37. The Labute approximate surface area is 201 Å². The van der Waals surface area contributed by atoms with Crippen molar-refractivity contribution in [3.8, 4) is 23.1 Å².